The standard InChI is InChI=1S/C19H35N3O2/c1-21-14-15-24-17(16-21)8-11-20-18(23)19(9-4-2-5-10-19)22-12-6-3-7-13-22/h17H,2-16H2,1H3,(H,20,23)/t17-/m1/s1. The molecule has 0 spiro atoms. The van der Waals surface area contributed by atoms with Gasteiger partial charge < -0.3 is 15.0 Å². The highest BCUT2D eigenvalue weighted by molar-refractivity contribution is 5.86. The Bertz CT molecular complexity index is 403. The molecule has 1 atom stereocenters. The van der Waals surface area contributed by atoms with Crippen LogP contribution in [-0.2, 0) is 9.53 Å². The number of likely N-dealkylation sites (tertiary alicyclic amines) is 1. The van der Waals surface area contributed by atoms with Gasteiger partial charge >= 0.3 is 0 Å². The number of nitrogens with zero attached hydrogens (tertiary/aromatic N) is 2. The summed E-state index contributed by atoms with van der Waals surface area (Å²) in [6, 6.07) is 0. The Morgan fingerprint density at radius 3 is 2.50 bits per heavy atom. The lowest BCUT2D eigenvalue weighted by Crippen LogP contribution is -2.61. The molecule has 138 valence electrons. The number of hydrogen-bond acceptors (Lipinski definition) is 4. The molecule has 5 heteroatoms. The average Bonchev–Trinajstić information content (AvgIpc) is 2.63. The second kappa shape index (κ2) is 8.63. The van der Waals surface area contributed by atoms with Crippen LogP contribution in [0.1, 0.15) is 57.8 Å². The van der Waals surface area contributed by atoms with Crippen LogP contribution in [-0.4, -0.2) is 73.7 Å². The highest BCUT2D eigenvalue weighted by Gasteiger charge is 2.44. The minimum absolute atomic E-state index is 0.219. The summed E-state index contributed by atoms with van der Waals surface area (Å²) in [4.78, 5) is 17.9. The Morgan fingerprint density at radius 2 is 1.79 bits per heavy atom. The maximum Gasteiger partial charge on any atom is 0.240 e. The first-order valence-electron chi connectivity index (χ1n) is 10.0. The van der Waals surface area contributed by atoms with Gasteiger partial charge in [0.1, 0.15) is 5.54 Å². The molecule has 0 aromatic rings. The van der Waals surface area contributed by atoms with E-state index in [0.29, 0.717) is 0 Å². The molecule has 0 aromatic heterocycles. The molecule has 2 aliphatic heterocycles. The Morgan fingerprint density at radius 1 is 1.08 bits per heavy atom. The number of piperidine rings is 1. The molecule has 2 saturated heterocycles. The van der Waals surface area contributed by atoms with E-state index in [4.69, 9.17) is 4.74 Å². The van der Waals surface area contributed by atoms with Gasteiger partial charge in [-0.2, -0.15) is 0 Å². The van der Waals surface area contributed by atoms with Crippen LogP contribution in [0.25, 0.3) is 0 Å². The van der Waals surface area contributed by atoms with Crippen LogP contribution in [0.15, 0.2) is 0 Å². The molecule has 0 bridgehead atoms. The van der Waals surface area contributed by atoms with Crippen LogP contribution in [0.3, 0.4) is 0 Å². The predicted octanol–water partition coefficient (Wildman–Crippen LogP) is 2.01. The Hall–Kier alpha value is -0.650. The van der Waals surface area contributed by atoms with E-state index in [9.17, 15) is 4.79 Å². The molecule has 3 aliphatic rings. The van der Waals surface area contributed by atoms with E-state index in [1.54, 1.807) is 0 Å². The summed E-state index contributed by atoms with van der Waals surface area (Å²) in [5.74, 6) is 0.285. The van der Waals surface area contributed by atoms with Crippen LogP contribution in [0.2, 0.25) is 0 Å². The summed E-state index contributed by atoms with van der Waals surface area (Å²) in [5.41, 5.74) is -0.219. The minimum Gasteiger partial charge on any atom is -0.375 e. The fourth-order valence-corrected chi connectivity index (χ4v) is 4.70. The van der Waals surface area contributed by atoms with Crippen LogP contribution in [0, 0.1) is 0 Å². The molecule has 0 radical (unpaired) electrons. The summed E-state index contributed by atoms with van der Waals surface area (Å²) < 4.78 is 5.81. The van der Waals surface area contributed by atoms with E-state index in [0.717, 1.165) is 58.6 Å². The van der Waals surface area contributed by atoms with E-state index in [1.807, 2.05) is 0 Å². The van der Waals surface area contributed by atoms with Crippen molar-refractivity contribution in [1.82, 2.24) is 15.1 Å². The van der Waals surface area contributed by atoms with Crippen LogP contribution in [0.4, 0.5) is 0 Å². The summed E-state index contributed by atoms with van der Waals surface area (Å²) in [5, 5.41) is 3.27. The molecule has 1 amide bonds. The molecular weight excluding hydrogens is 302 g/mol. The zero-order chi connectivity index (χ0) is 16.8. The maximum absolute atomic E-state index is 13.1. The minimum atomic E-state index is -0.219. The molecule has 3 rings (SSSR count). The van der Waals surface area contributed by atoms with Gasteiger partial charge in [0.25, 0.3) is 0 Å². The van der Waals surface area contributed by atoms with Crippen molar-refractivity contribution in [3.63, 3.8) is 0 Å². The lowest BCUT2D eigenvalue weighted by molar-refractivity contribution is -0.137. The fourth-order valence-electron chi connectivity index (χ4n) is 4.70. The molecule has 1 aliphatic carbocycles. The summed E-state index contributed by atoms with van der Waals surface area (Å²) in [6.07, 6.45) is 10.8. The van der Waals surface area contributed by atoms with Gasteiger partial charge in [0.15, 0.2) is 0 Å². The first-order chi connectivity index (χ1) is 11.7. The van der Waals surface area contributed by atoms with Crippen molar-refractivity contribution in [2.24, 2.45) is 0 Å². The largest absolute Gasteiger partial charge is 0.375 e. The second-order valence-corrected chi connectivity index (χ2v) is 7.94. The lowest BCUT2D eigenvalue weighted by Gasteiger charge is -2.46. The van der Waals surface area contributed by atoms with Crippen molar-refractivity contribution < 1.29 is 9.53 Å². The van der Waals surface area contributed by atoms with Crippen LogP contribution < -0.4 is 5.32 Å². The van der Waals surface area contributed by atoms with E-state index in [2.05, 4.69) is 22.2 Å². The summed E-state index contributed by atoms with van der Waals surface area (Å²) in [7, 11) is 2.14. The number of amides is 1. The van der Waals surface area contributed by atoms with Crippen molar-refractivity contribution in [3.05, 3.63) is 0 Å². The van der Waals surface area contributed by atoms with Gasteiger partial charge in [-0.15, -0.1) is 0 Å². The third-order valence-corrected chi connectivity index (χ3v) is 6.16. The summed E-state index contributed by atoms with van der Waals surface area (Å²) in [6.45, 7) is 5.75. The van der Waals surface area contributed by atoms with E-state index < -0.39 is 0 Å². The molecular formula is C19H35N3O2. The topological polar surface area (TPSA) is 44.8 Å². The SMILES string of the molecule is CN1CCO[C@H](CCNC(=O)C2(N3CCCCC3)CCCCC2)C1. The highest BCUT2D eigenvalue weighted by Crippen LogP contribution is 2.35. The molecule has 0 unspecified atom stereocenters. The van der Waals surface area contributed by atoms with Gasteiger partial charge in [-0.3, -0.25) is 9.69 Å². The predicted molar refractivity (Wildman–Crippen MR) is 96.1 cm³/mol. The smallest absolute Gasteiger partial charge is 0.240 e. The van der Waals surface area contributed by atoms with Gasteiger partial charge in [0.2, 0.25) is 5.91 Å². The third kappa shape index (κ3) is 4.30. The van der Waals surface area contributed by atoms with Crippen LogP contribution in [0.5, 0.6) is 0 Å². The zero-order valence-electron chi connectivity index (χ0n) is 15.4. The molecule has 24 heavy (non-hydrogen) atoms. The monoisotopic (exact) mass is 337 g/mol. The van der Waals surface area contributed by atoms with Crippen molar-refractivity contribution in [1.29, 1.82) is 0 Å². The first kappa shape index (κ1) is 18.2. The number of nitrogens with one attached hydrogen (secondary N) is 1. The number of likely N-dealkylation sites (N-methyl/N-ethyl adjacent to an activating group) is 1. The fraction of sp³-hybridized carbons (Fsp3) is 0.947. The quantitative estimate of drug-likeness (QED) is 0.833. The number of morpholine rings is 1. The molecule has 0 aromatic carbocycles. The zero-order valence-corrected chi connectivity index (χ0v) is 15.4. The number of carbonyl (C=O) groups is 1. The molecule has 1 saturated carbocycles. The van der Waals surface area contributed by atoms with Gasteiger partial charge in [-0.05, 0) is 52.2 Å². The third-order valence-electron chi connectivity index (χ3n) is 6.16. The normalized spacial score (nSPS) is 29.3. The van der Waals surface area contributed by atoms with Gasteiger partial charge in [-0.25, -0.2) is 0 Å². The van der Waals surface area contributed by atoms with Crippen LogP contribution >= 0.6 is 0 Å². The van der Waals surface area contributed by atoms with Crippen molar-refractivity contribution >= 4 is 5.91 Å². The Balaban J connectivity index is 1.53. The van der Waals surface area contributed by atoms with Gasteiger partial charge in [-0.1, -0.05) is 25.7 Å². The van der Waals surface area contributed by atoms with Gasteiger partial charge in [0.05, 0.1) is 12.7 Å². The lowest BCUT2D eigenvalue weighted by atomic mass is 9.78. The first-order valence-corrected chi connectivity index (χ1v) is 10.0. The van der Waals surface area contributed by atoms with E-state index in [1.165, 1.54) is 38.5 Å². The van der Waals surface area contributed by atoms with Crippen molar-refractivity contribution in [3.8, 4) is 0 Å². The number of rotatable bonds is 5. The van der Waals surface area contributed by atoms with Crippen molar-refractivity contribution in [2.45, 2.75) is 69.4 Å². The summed E-state index contributed by atoms with van der Waals surface area (Å²) >= 11 is 0. The van der Waals surface area contributed by atoms with Gasteiger partial charge in [0, 0.05) is 19.6 Å². The van der Waals surface area contributed by atoms with Crippen molar-refractivity contribution in [2.75, 3.05) is 46.4 Å². The molecule has 1 N–H and O–H groups in total. The molecule has 3 fully saturated rings. The highest BCUT2D eigenvalue weighted by atomic mass is 16.5. The molecule has 2 heterocycles. The Kier molecular flexibility index (Phi) is 6.53. The molecule has 5 nitrogen and oxygen atoms in total. The average molecular weight is 338 g/mol. The number of hydrogen-bond donors (Lipinski definition) is 1. The number of ether oxygens (including phenoxy) is 1. The Labute approximate surface area is 147 Å². The van der Waals surface area contributed by atoms with E-state index in [-0.39, 0.29) is 17.6 Å². The number of carbonyl (C=O) groups excluding carboxylic acids is 1. The maximum atomic E-state index is 13.1. The van der Waals surface area contributed by atoms with E-state index >= 15 is 0 Å². The second-order valence-electron chi connectivity index (χ2n) is 7.94.